The zero-order valence-corrected chi connectivity index (χ0v) is 16.3. The van der Waals surface area contributed by atoms with E-state index in [0.29, 0.717) is 16.7 Å². The summed E-state index contributed by atoms with van der Waals surface area (Å²) in [6, 6.07) is 4.13. The van der Waals surface area contributed by atoms with Gasteiger partial charge in [0, 0.05) is 22.9 Å². The molecule has 4 nitrogen and oxygen atoms in total. The van der Waals surface area contributed by atoms with E-state index in [2.05, 4.69) is 26.6 Å². The standard InChI is InChI=1S/C20H24BrFN2O2/c21-16-8-15(22)1-2-17(16)24-18(25)3-4-23-19(26)20-9-12-5-13(10-20)7-14(6-12)11-20/h1-2,8,12-14H,3-7,9-11H2,(H,23,26)(H,24,25). The Labute approximate surface area is 161 Å². The second kappa shape index (κ2) is 6.95. The van der Waals surface area contributed by atoms with Crippen LogP contribution in [0.5, 0.6) is 0 Å². The van der Waals surface area contributed by atoms with Gasteiger partial charge in [-0.25, -0.2) is 4.39 Å². The quantitative estimate of drug-likeness (QED) is 0.744. The van der Waals surface area contributed by atoms with E-state index in [4.69, 9.17) is 0 Å². The molecule has 0 radical (unpaired) electrons. The predicted molar refractivity (Wildman–Crippen MR) is 101 cm³/mol. The van der Waals surface area contributed by atoms with Gasteiger partial charge in [-0.2, -0.15) is 0 Å². The zero-order chi connectivity index (χ0) is 18.3. The summed E-state index contributed by atoms with van der Waals surface area (Å²) in [5, 5.41) is 5.75. The van der Waals surface area contributed by atoms with Gasteiger partial charge in [-0.05, 0) is 90.4 Å². The summed E-state index contributed by atoms with van der Waals surface area (Å²) >= 11 is 3.23. The molecular weight excluding hydrogens is 399 g/mol. The summed E-state index contributed by atoms with van der Waals surface area (Å²) in [7, 11) is 0. The maximum Gasteiger partial charge on any atom is 0.226 e. The SMILES string of the molecule is O=C(CCNC(=O)C12CC3CC(CC(C3)C1)C2)Nc1ccc(F)cc1Br. The molecule has 0 spiro atoms. The summed E-state index contributed by atoms with van der Waals surface area (Å²) in [6.07, 6.45) is 7.21. The Hall–Kier alpha value is -1.43. The van der Waals surface area contributed by atoms with Crippen molar-refractivity contribution in [3.8, 4) is 0 Å². The third kappa shape index (κ3) is 3.53. The van der Waals surface area contributed by atoms with Crippen LogP contribution < -0.4 is 10.6 Å². The maximum absolute atomic E-state index is 13.1. The van der Waals surface area contributed by atoms with Gasteiger partial charge < -0.3 is 10.6 Å². The number of hydrogen-bond acceptors (Lipinski definition) is 2. The Morgan fingerprint density at radius 3 is 2.31 bits per heavy atom. The minimum atomic E-state index is -0.363. The van der Waals surface area contributed by atoms with Crippen molar-refractivity contribution in [3.63, 3.8) is 0 Å². The van der Waals surface area contributed by atoms with Gasteiger partial charge in [0.25, 0.3) is 0 Å². The van der Waals surface area contributed by atoms with E-state index < -0.39 is 0 Å². The number of anilines is 1. The molecule has 26 heavy (non-hydrogen) atoms. The molecule has 0 heterocycles. The highest BCUT2D eigenvalue weighted by Crippen LogP contribution is 2.60. The molecule has 5 rings (SSSR count). The van der Waals surface area contributed by atoms with Gasteiger partial charge in [0.05, 0.1) is 5.69 Å². The van der Waals surface area contributed by atoms with Crippen LogP contribution in [0, 0.1) is 29.0 Å². The summed E-state index contributed by atoms with van der Waals surface area (Å²) in [6.45, 7) is 0.339. The number of rotatable bonds is 5. The number of nitrogens with one attached hydrogen (secondary N) is 2. The first-order valence-corrected chi connectivity index (χ1v) is 10.3. The smallest absolute Gasteiger partial charge is 0.226 e. The highest BCUT2D eigenvalue weighted by atomic mass is 79.9. The second-order valence-corrected chi connectivity index (χ2v) is 9.23. The fourth-order valence-electron chi connectivity index (χ4n) is 5.67. The van der Waals surface area contributed by atoms with Crippen molar-refractivity contribution in [2.24, 2.45) is 23.2 Å². The van der Waals surface area contributed by atoms with Crippen LogP contribution in [0.4, 0.5) is 10.1 Å². The van der Waals surface area contributed by atoms with Gasteiger partial charge >= 0.3 is 0 Å². The van der Waals surface area contributed by atoms with E-state index in [1.807, 2.05) is 0 Å². The fourth-order valence-corrected chi connectivity index (χ4v) is 6.12. The Bertz CT molecular complexity index is 701. The Morgan fingerprint density at radius 1 is 1.12 bits per heavy atom. The highest BCUT2D eigenvalue weighted by molar-refractivity contribution is 9.10. The number of amides is 2. The van der Waals surface area contributed by atoms with Crippen LogP contribution in [-0.4, -0.2) is 18.4 Å². The molecule has 2 amide bonds. The Kier molecular flexibility index (Phi) is 4.80. The topological polar surface area (TPSA) is 58.2 Å². The number of halogens is 2. The molecule has 1 aromatic carbocycles. The molecule has 4 fully saturated rings. The van der Waals surface area contributed by atoms with Crippen LogP contribution in [-0.2, 0) is 9.59 Å². The summed E-state index contributed by atoms with van der Waals surface area (Å²) in [5.41, 5.74) is 0.356. The van der Waals surface area contributed by atoms with E-state index in [-0.39, 0.29) is 29.5 Å². The Balaban J connectivity index is 1.28. The Morgan fingerprint density at radius 2 is 1.73 bits per heavy atom. The molecule has 1 aromatic rings. The average molecular weight is 423 g/mol. The van der Waals surface area contributed by atoms with Crippen LogP contribution in [0.25, 0.3) is 0 Å². The van der Waals surface area contributed by atoms with Crippen LogP contribution in [0.1, 0.15) is 44.9 Å². The molecular formula is C20H24BrFN2O2. The molecule has 6 heteroatoms. The molecule has 0 aliphatic heterocycles. The largest absolute Gasteiger partial charge is 0.355 e. The highest BCUT2D eigenvalue weighted by Gasteiger charge is 2.54. The molecule has 0 saturated heterocycles. The van der Waals surface area contributed by atoms with Crippen molar-refractivity contribution in [1.82, 2.24) is 5.32 Å². The normalized spacial score (nSPS) is 31.7. The van der Waals surface area contributed by atoms with Gasteiger partial charge in [0.1, 0.15) is 5.82 Å². The van der Waals surface area contributed by atoms with E-state index >= 15 is 0 Å². The van der Waals surface area contributed by atoms with Gasteiger partial charge in [-0.1, -0.05) is 0 Å². The van der Waals surface area contributed by atoms with E-state index in [1.54, 1.807) is 0 Å². The minimum Gasteiger partial charge on any atom is -0.355 e. The first-order valence-electron chi connectivity index (χ1n) is 9.47. The minimum absolute atomic E-state index is 0.146. The molecule has 0 aromatic heterocycles. The van der Waals surface area contributed by atoms with Crippen LogP contribution >= 0.6 is 15.9 Å². The predicted octanol–water partition coefficient (Wildman–Crippen LogP) is 4.25. The zero-order valence-electron chi connectivity index (χ0n) is 14.7. The molecule has 4 bridgehead atoms. The molecule has 4 saturated carbocycles. The van der Waals surface area contributed by atoms with Crippen LogP contribution in [0.3, 0.4) is 0 Å². The number of carbonyl (C=O) groups is 2. The first-order chi connectivity index (χ1) is 12.4. The maximum atomic E-state index is 13.1. The van der Waals surface area contributed by atoms with Gasteiger partial charge in [0.15, 0.2) is 0 Å². The molecule has 4 aliphatic rings. The lowest BCUT2D eigenvalue weighted by Gasteiger charge is -2.55. The van der Waals surface area contributed by atoms with Gasteiger partial charge in [-0.15, -0.1) is 0 Å². The van der Waals surface area contributed by atoms with Gasteiger partial charge in [0.2, 0.25) is 11.8 Å². The third-order valence-electron chi connectivity index (χ3n) is 6.36. The first kappa shape index (κ1) is 18.0. The third-order valence-corrected chi connectivity index (χ3v) is 7.02. The van der Waals surface area contributed by atoms with E-state index in [0.717, 1.165) is 37.0 Å². The summed E-state index contributed by atoms with van der Waals surface area (Å²) in [5.74, 6) is 1.77. The molecule has 2 N–H and O–H groups in total. The van der Waals surface area contributed by atoms with Crippen molar-refractivity contribution in [2.75, 3.05) is 11.9 Å². The second-order valence-electron chi connectivity index (χ2n) is 8.38. The average Bonchev–Trinajstić information content (AvgIpc) is 2.56. The molecule has 0 atom stereocenters. The number of carbonyl (C=O) groups excluding carboxylic acids is 2. The lowest BCUT2D eigenvalue weighted by Crippen LogP contribution is -2.53. The lowest BCUT2D eigenvalue weighted by molar-refractivity contribution is -0.146. The fraction of sp³-hybridized carbons (Fsp3) is 0.600. The van der Waals surface area contributed by atoms with Crippen molar-refractivity contribution in [1.29, 1.82) is 0 Å². The summed E-state index contributed by atoms with van der Waals surface area (Å²) in [4.78, 5) is 24.9. The van der Waals surface area contributed by atoms with Gasteiger partial charge in [-0.3, -0.25) is 9.59 Å². The van der Waals surface area contributed by atoms with Crippen molar-refractivity contribution < 1.29 is 14.0 Å². The van der Waals surface area contributed by atoms with E-state index in [9.17, 15) is 14.0 Å². The summed E-state index contributed by atoms with van der Waals surface area (Å²) < 4.78 is 13.6. The number of benzene rings is 1. The molecule has 4 aliphatic carbocycles. The molecule has 140 valence electrons. The van der Waals surface area contributed by atoms with Crippen molar-refractivity contribution in [2.45, 2.75) is 44.9 Å². The monoisotopic (exact) mass is 422 g/mol. The van der Waals surface area contributed by atoms with E-state index in [1.165, 1.54) is 37.5 Å². The van der Waals surface area contributed by atoms with Crippen LogP contribution in [0.15, 0.2) is 22.7 Å². The molecule has 0 unspecified atom stereocenters. The van der Waals surface area contributed by atoms with Crippen LogP contribution in [0.2, 0.25) is 0 Å². The number of hydrogen-bond donors (Lipinski definition) is 2. The van der Waals surface area contributed by atoms with Crippen molar-refractivity contribution in [3.05, 3.63) is 28.5 Å². The lowest BCUT2D eigenvalue weighted by atomic mass is 9.49. The van der Waals surface area contributed by atoms with Crippen molar-refractivity contribution >= 4 is 33.4 Å².